The van der Waals surface area contributed by atoms with Gasteiger partial charge in [0.25, 0.3) is 0 Å². The molecule has 0 aliphatic carbocycles. The predicted octanol–water partition coefficient (Wildman–Crippen LogP) is 3.49. The van der Waals surface area contributed by atoms with E-state index in [1.807, 2.05) is 25.3 Å². The van der Waals surface area contributed by atoms with Crippen molar-refractivity contribution in [2.24, 2.45) is 0 Å². The first-order chi connectivity index (χ1) is 10.1. The van der Waals surface area contributed by atoms with Crippen molar-refractivity contribution in [3.05, 3.63) is 47.1 Å². The summed E-state index contributed by atoms with van der Waals surface area (Å²) in [5.74, 6) is 0.963. The summed E-state index contributed by atoms with van der Waals surface area (Å²) < 4.78 is 6.88. The molecular weight excluding hydrogens is 358 g/mol. The zero-order chi connectivity index (χ0) is 14.8. The maximum atomic E-state index is 5.95. The van der Waals surface area contributed by atoms with Crippen molar-refractivity contribution >= 4 is 27.5 Å². The molecule has 0 fully saturated rings. The fraction of sp³-hybridized carbons (Fsp3) is 0.231. The van der Waals surface area contributed by atoms with Crippen LogP contribution >= 0.6 is 27.5 Å². The lowest BCUT2D eigenvalue weighted by Crippen LogP contribution is -2.00. The van der Waals surface area contributed by atoms with Crippen LogP contribution in [0, 0.1) is 0 Å². The lowest BCUT2D eigenvalue weighted by atomic mass is 10.2. The maximum Gasteiger partial charge on any atom is 0.248 e. The average Bonchev–Trinajstić information content (AvgIpc) is 3.08. The van der Waals surface area contributed by atoms with Crippen LogP contribution in [0.1, 0.15) is 23.3 Å². The molecule has 0 saturated carbocycles. The molecule has 0 saturated heterocycles. The highest BCUT2D eigenvalue weighted by Gasteiger charge is 2.12. The van der Waals surface area contributed by atoms with Gasteiger partial charge >= 0.3 is 0 Å². The summed E-state index contributed by atoms with van der Waals surface area (Å²) in [5, 5.41) is 12.6. The molecule has 1 atom stereocenters. The van der Waals surface area contributed by atoms with Gasteiger partial charge in [0.05, 0.1) is 16.7 Å². The van der Waals surface area contributed by atoms with Crippen molar-refractivity contribution in [3.8, 4) is 11.4 Å². The smallest absolute Gasteiger partial charge is 0.248 e. The molecule has 2 heterocycles. The summed E-state index contributed by atoms with van der Waals surface area (Å²) in [7, 11) is 0. The van der Waals surface area contributed by atoms with Crippen molar-refractivity contribution in [2.75, 3.05) is 0 Å². The summed E-state index contributed by atoms with van der Waals surface area (Å²) in [6.07, 6.45) is 1.84. The third-order valence-electron chi connectivity index (χ3n) is 2.81. The quantitative estimate of drug-likeness (QED) is 0.659. The Balaban J connectivity index is 1.78. The first kappa shape index (κ1) is 14.2. The number of halogens is 2. The molecule has 0 radical (unpaired) electrons. The van der Waals surface area contributed by atoms with Crippen molar-refractivity contribution in [2.45, 2.75) is 18.3 Å². The molecule has 0 amide bonds. The lowest BCUT2D eigenvalue weighted by molar-refractivity contribution is 0.364. The molecule has 8 heteroatoms. The van der Waals surface area contributed by atoms with Gasteiger partial charge in [-0.15, -0.1) is 5.10 Å². The maximum absolute atomic E-state index is 5.95. The Morgan fingerprint density at radius 3 is 3.00 bits per heavy atom. The summed E-state index contributed by atoms with van der Waals surface area (Å²) in [6, 6.07) is 7.30. The first-order valence-corrected chi connectivity index (χ1v) is 7.54. The van der Waals surface area contributed by atoms with Crippen molar-refractivity contribution < 1.29 is 4.52 Å². The minimum Gasteiger partial charge on any atom is -0.337 e. The van der Waals surface area contributed by atoms with Gasteiger partial charge in [-0.3, -0.25) is 0 Å². The van der Waals surface area contributed by atoms with E-state index in [0.717, 1.165) is 11.3 Å². The number of hydrogen-bond acceptors (Lipinski definition) is 5. The summed E-state index contributed by atoms with van der Waals surface area (Å²) in [6.45, 7) is 2.36. The number of nitrogens with zero attached hydrogens (tertiary/aromatic N) is 5. The van der Waals surface area contributed by atoms with Gasteiger partial charge in [-0.05, 0) is 19.1 Å². The van der Waals surface area contributed by atoms with Gasteiger partial charge in [-0.25, -0.2) is 4.68 Å². The molecule has 0 aliphatic heterocycles. The Morgan fingerprint density at radius 1 is 1.43 bits per heavy atom. The zero-order valence-corrected chi connectivity index (χ0v) is 13.4. The molecule has 21 heavy (non-hydrogen) atoms. The molecule has 108 valence electrons. The van der Waals surface area contributed by atoms with Crippen LogP contribution in [0.3, 0.4) is 0 Å². The van der Waals surface area contributed by atoms with Gasteiger partial charge in [0.15, 0.2) is 0 Å². The second-order valence-corrected chi connectivity index (χ2v) is 6.29. The van der Waals surface area contributed by atoms with Gasteiger partial charge in [-0.1, -0.05) is 50.0 Å². The number of rotatable bonds is 4. The summed E-state index contributed by atoms with van der Waals surface area (Å²) >= 11 is 9.39. The monoisotopic (exact) mass is 367 g/mol. The topological polar surface area (TPSA) is 69.6 Å². The van der Waals surface area contributed by atoms with E-state index < -0.39 is 0 Å². The molecule has 2 aromatic heterocycles. The second-order valence-electron chi connectivity index (χ2n) is 4.48. The fourth-order valence-electron chi connectivity index (χ4n) is 1.78. The number of benzene rings is 1. The predicted molar refractivity (Wildman–Crippen MR) is 81.2 cm³/mol. The lowest BCUT2D eigenvalue weighted by Gasteiger charge is -1.95. The number of alkyl halides is 1. The minimum absolute atomic E-state index is 0.149. The van der Waals surface area contributed by atoms with Gasteiger partial charge in [0.2, 0.25) is 11.7 Å². The highest BCUT2D eigenvalue weighted by atomic mass is 79.9. The molecule has 1 unspecified atom stereocenters. The van der Waals surface area contributed by atoms with Gasteiger partial charge < -0.3 is 4.52 Å². The Labute approximate surface area is 134 Å². The Bertz CT molecular complexity index is 754. The molecule has 0 aliphatic rings. The molecule has 0 N–H and O–H groups in total. The SMILES string of the molecule is CC(Br)c1cn(Cc2nc(-c3cccc(Cl)c3)no2)nn1. The molecule has 3 rings (SSSR count). The van der Waals surface area contributed by atoms with Crippen LogP contribution in [0.4, 0.5) is 0 Å². The van der Waals surface area contributed by atoms with Crippen LogP contribution in [-0.4, -0.2) is 25.1 Å². The van der Waals surface area contributed by atoms with E-state index in [2.05, 4.69) is 36.4 Å². The van der Waals surface area contributed by atoms with Crippen LogP contribution in [0.25, 0.3) is 11.4 Å². The van der Waals surface area contributed by atoms with Crippen LogP contribution in [-0.2, 0) is 6.54 Å². The molecular formula is C13H11BrClN5O. The molecule has 0 spiro atoms. The second kappa shape index (κ2) is 5.95. The molecule has 0 bridgehead atoms. The van der Waals surface area contributed by atoms with Crippen molar-refractivity contribution in [1.29, 1.82) is 0 Å². The highest BCUT2D eigenvalue weighted by molar-refractivity contribution is 9.09. The third-order valence-corrected chi connectivity index (χ3v) is 3.52. The fourth-order valence-corrected chi connectivity index (χ4v) is 2.18. The summed E-state index contributed by atoms with van der Waals surface area (Å²) in [4.78, 5) is 4.48. The Kier molecular flexibility index (Phi) is 4.03. The van der Waals surface area contributed by atoms with Crippen LogP contribution < -0.4 is 0 Å². The third kappa shape index (κ3) is 3.30. The standard InChI is InChI=1S/C13H11BrClN5O/c1-8(14)11-6-20(19-17-11)7-12-16-13(18-21-12)9-3-2-4-10(15)5-9/h2-6,8H,7H2,1H3. The van der Waals surface area contributed by atoms with E-state index in [1.54, 1.807) is 16.8 Å². The number of aromatic nitrogens is 5. The average molecular weight is 369 g/mol. The van der Waals surface area contributed by atoms with Gasteiger partial charge in [0, 0.05) is 10.6 Å². The zero-order valence-electron chi connectivity index (χ0n) is 11.1. The minimum atomic E-state index is 0.149. The molecule has 6 nitrogen and oxygen atoms in total. The molecule has 3 aromatic rings. The Hall–Kier alpha value is -1.73. The Morgan fingerprint density at radius 2 is 2.29 bits per heavy atom. The van der Waals surface area contributed by atoms with E-state index in [4.69, 9.17) is 16.1 Å². The van der Waals surface area contributed by atoms with E-state index in [0.29, 0.717) is 23.3 Å². The van der Waals surface area contributed by atoms with Crippen LogP contribution in [0.5, 0.6) is 0 Å². The van der Waals surface area contributed by atoms with Crippen molar-refractivity contribution in [1.82, 2.24) is 25.1 Å². The largest absolute Gasteiger partial charge is 0.337 e. The van der Waals surface area contributed by atoms with E-state index in [-0.39, 0.29) is 4.83 Å². The van der Waals surface area contributed by atoms with Gasteiger partial charge in [-0.2, -0.15) is 4.98 Å². The van der Waals surface area contributed by atoms with Crippen LogP contribution in [0.2, 0.25) is 5.02 Å². The van der Waals surface area contributed by atoms with Gasteiger partial charge in [0.1, 0.15) is 6.54 Å². The van der Waals surface area contributed by atoms with Crippen molar-refractivity contribution in [3.63, 3.8) is 0 Å². The number of hydrogen-bond donors (Lipinski definition) is 0. The summed E-state index contributed by atoms with van der Waals surface area (Å²) in [5.41, 5.74) is 1.66. The van der Waals surface area contributed by atoms with E-state index >= 15 is 0 Å². The molecule has 1 aromatic carbocycles. The van der Waals surface area contributed by atoms with E-state index in [9.17, 15) is 0 Å². The first-order valence-electron chi connectivity index (χ1n) is 6.24. The highest BCUT2D eigenvalue weighted by Crippen LogP contribution is 2.21. The normalized spacial score (nSPS) is 12.5. The van der Waals surface area contributed by atoms with Crippen LogP contribution in [0.15, 0.2) is 35.0 Å². The van der Waals surface area contributed by atoms with E-state index in [1.165, 1.54) is 0 Å².